The standard InChI is InChI=1S/C17H13N3O6/c1-25-14-9-15(26-2)17(20(23)24)11-7-8-12(18-16(11)14)10-5-3-4-6-13(10)19(21)22/h3-9H,1-2H3. The summed E-state index contributed by atoms with van der Waals surface area (Å²) in [6.45, 7) is 0. The Morgan fingerprint density at radius 1 is 0.923 bits per heavy atom. The SMILES string of the molecule is COc1cc(OC)c2nc(-c3ccccc3[N+](=O)[O-])ccc2c1[N+](=O)[O-]. The van der Waals surface area contributed by atoms with Crippen molar-refractivity contribution >= 4 is 22.3 Å². The van der Waals surface area contributed by atoms with Gasteiger partial charge in [0, 0.05) is 12.1 Å². The predicted octanol–water partition coefficient (Wildman–Crippen LogP) is 3.74. The fraction of sp³-hybridized carbons (Fsp3) is 0.118. The summed E-state index contributed by atoms with van der Waals surface area (Å²) >= 11 is 0. The molecule has 0 spiro atoms. The molecule has 0 aliphatic carbocycles. The fourth-order valence-electron chi connectivity index (χ4n) is 2.73. The summed E-state index contributed by atoms with van der Waals surface area (Å²) < 4.78 is 10.4. The second-order valence-corrected chi connectivity index (χ2v) is 5.25. The Morgan fingerprint density at radius 2 is 1.62 bits per heavy atom. The summed E-state index contributed by atoms with van der Waals surface area (Å²) in [5, 5.41) is 22.9. The quantitative estimate of drug-likeness (QED) is 0.505. The third-order valence-electron chi connectivity index (χ3n) is 3.88. The van der Waals surface area contributed by atoms with Crippen molar-refractivity contribution in [2.75, 3.05) is 14.2 Å². The molecule has 9 heteroatoms. The summed E-state index contributed by atoms with van der Waals surface area (Å²) in [5.41, 5.74) is 0.476. The molecule has 0 aliphatic heterocycles. The summed E-state index contributed by atoms with van der Waals surface area (Å²) in [5.74, 6) is 0.308. The lowest BCUT2D eigenvalue weighted by Crippen LogP contribution is -1.99. The minimum absolute atomic E-state index is 0.0413. The first-order chi connectivity index (χ1) is 12.5. The molecule has 0 bridgehead atoms. The van der Waals surface area contributed by atoms with Crippen molar-refractivity contribution in [1.82, 2.24) is 4.98 Å². The number of ether oxygens (including phenoxy) is 2. The number of nitro groups is 2. The van der Waals surface area contributed by atoms with Crippen LogP contribution in [0.4, 0.5) is 11.4 Å². The van der Waals surface area contributed by atoms with Gasteiger partial charge in [-0.25, -0.2) is 4.98 Å². The molecule has 26 heavy (non-hydrogen) atoms. The van der Waals surface area contributed by atoms with Crippen LogP contribution in [-0.2, 0) is 0 Å². The van der Waals surface area contributed by atoms with E-state index >= 15 is 0 Å². The Hall–Kier alpha value is -3.75. The van der Waals surface area contributed by atoms with Gasteiger partial charge in [-0.05, 0) is 18.2 Å². The minimum Gasteiger partial charge on any atom is -0.494 e. The van der Waals surface area contributed by atoms with Crippen LogP contribution in [0.5, 0.6) is 11.5 Å². The molecule has 132 valence electrons. The third-order valence-corrected chi connectivity index (χ3v) is 3.88. The molecule has 1 heterocycles. The molecule has 3 rings (SSSR count). The number of hydrogen-bond donors (Lipinski definition) is 0. The molecule has 0 radical (unpaired) electrons. The minimum atomic E-state index is -0.563. The Balaban J connectivity index is 2.34. The van der Waals surface area contributed by atoms with Crippen molar-refractivity contribution < 1.29 is 19.3 Å². The van der Waals surface area contributed by atoms with E-state index in [0.29, 0.717) is 11.3 Å². The Kier molecular flexibility index (Phi) is 4.36. The number of benzene rings is 2. The Morgan fingerprint density at radius 3 is 2.23 bits per heavy atom. The molecule has 0 saturated carbocycles. The molecule has 0 saturated heterocycles. The van der Waals surface area contributed by atoms with Gasteiger partial charge < -0.3 is 9.47 Å². The van der Waals surface area contributed by atoms with E-state index < -0.39 is 9.85 Å². The lowest BCUT2D eigenvalue weighted by molar-refractivity contribution is -0.384. The lowest BCUT2D eigenvalue weighted by Gasteiger charge is -2.11. The van der Waals surface area contributed by atoms with E-state index in [-0.39, 0.29) is 33.8 Å². The average Bonchev–Trinajstić information content (AvgIpc) is 2.65. The van der Waals surface area contributed by atoms with E-state index in [1.54, 1.807) is 18.2 Å². The molecule has 0 amide bonds. The van der Waals surface area contributed by atoms with E-state index in [1.807, 2.05) is 0 Å². The zero-order valence-corrected chi connectivity index (χ0v) is 13.8. The number of nitrogens with zero attached hydrogens (tertiary/aromatic N) is 3. The lowest BCUT2D eigenvalue weighted by atomic mass is 10.1. The van der Waals surface area contributed by atoms with Gasteiger partial charge in [0.2, 0.25) is 5.75 Å². The molecule has 0 atom stereocenters. The van der Waals surface area contributed by atoms with E-state index in [4.69, 9.17) is 9.47 Å². The maximum atomic E-state index is 11.5. The number of hydrogen-bond acceptors (Lipinski definition) is 7. The molecular formula is C17H13N3O6. The molecule has 0 unspecified atom stereocenters. The van der Waals surface area contributed by atoms with E-state index in [2.05, 4.69) is 4.98 Å². The first-order valence-corrected chi connectivity index (χ1v) is 7.41. The topological polar surface area (TPSA) is 118 Å². The van der Waals surface area contributed by atoms with Crippen molar-refractivity contribution in [2.24, 2.45) is 0 Å². The Labute approximate surface area is 147 Å². The highest BCUT2D eigenvalue weighted by Crippen LogP contribution is 2.41. The third kappa shape index (κ3) is 2.75. The molecule has 0 aliphatic rings. The number of para-hydroxylation sites is 1. The zero-order chi connectivity index (χ0) is 18.8. The van der Waals surface area contributed by atoms with Crippen molar-refractivity contribution in [3.8, 4) is 22.8 Å². The molecule has 2 aromatic carbocycles. The summed E-state index contributed by atoms with van der Waals surface area (Å²) in [7, 11) is 2.72. The van der Waals surface area contributed by atoms with Crippen molar-refractivity contribution in [1.29, 1.82) is 0 Å². The van der Waals surface area contributed by atoms with Crippen LogP contribution in [0.2, 0.25) is 0 Å². The van der Waals surface area contributed by atoms with Gasteiger partial charge in [-0.1, -0.05) is 12.1 Å². The zero-order valence-electron chi connectivity index (χ0n) is 13.8. The van der Waals surface area contributed by atoms with Crippen molar-refractivity contribution in [2.45, 2.75) is 0 Å². The number of fused-ring (bicyclic) bond motifs is 1. The summed E-state index contributed by atoms with van der Waals surface area (Å²) in [6, 6.07) is 10.5. The van der Waals surface area contributed by atoms with Crippen LogP contribution >= 0.6 is 0 Å². The van der Waals surface area contributed by atoms with Gasteiger partial charge in [-0.2, -0.15) is 0 Å². The maximum absolute atomic E-state index is 11.5. The average molecular weight is 355 g/mol. The smallest absolute Gasteiger partial charge is 0.320 e. The highest BCUT2D eigenvalue weighted by atomic mass is 16.6. The van der Waals surface area contributed by atoms with Gasteiger partial charge in [-0.15, -0.1) is 0 Å². The van der Waals surface area contributed by atoms with Crippen LogP contribution < -0.4 is 9.47 Å². The normalized spacial score (nSPS) is 10.5. The molecule has 9 nitrogen and oxygen atoms in total. The number of rotatable bonds is 5. The molecule has 0 fully saturated rings. The summed E-state index contributed by atoms with van der Waals surface area (Å²) in [4.78, 5) is 26.0. The fourth-order valence-corrected chi connectivity index (χ4v) is 2.73. The second-order valence-electron chi connectivity index (χ2n) is 5.25. The Bertz CT molecular complexity index is 1030. The second kappa shape index (κ2) is 6.63. The molecule has 1 aromatic heterocycles. The highest BCUT2D eigenvalue weighted by Gasteiger charge is 2.25. The van der Waals surface area contributed by atoms with Crippen molar-refractivity contribution in [3.63, 3.8) is 0 Å². The first kappa shape index (κ1) is 17.1. The predicted molar refractivity (Wildman–Crippen MR) is 93.6 cm³/mol. The van der Waals surface area contributed by atoms with Gasteiger partial charge in [0.25, 0.3) is 5.69 Å². The van der Waals surface area contributed by atoms with Crippen LogP contribution in [0.15, 0.2) is 42.5 Å². The van der Waals surface area contributed by atoms with Crippen LogP contribution in [-0.4, -0.2) is 29.1 Å². The number of methoxy groups -OCH3 is 2. The monoisotopic (exact) mass is 355 g/mol. The van der Waals surface area contributed by atoms with E-state index in [1.165, 1.54) is 38.5 Å². The largest absolute Gasteiger partial charge is 0.494 e. The highest BCUT2D eigenvalue weighted by molar-refractivity contribution is 5.97. The number of nitro benzene ring substituents is 2. The first-order valence-electron chi connectivity index (χ1n) is 7.41. The molecule has 0 N–H and O–H groups in total. The van der Waals surface area contributed by atoms with Gasteiger partial charge in [-0.3, -0.25) is 20.2 Å². The van der Waals surface area contributed by atoms with Crippen LogP contribution in [0, 0.1) is 20.2 Å². The van der Waals surface area contributed by atoms with Gasteiger partial charge in [0.1, 0.15) is 11.3 Å². The van der Waals surface area contributed by atoms with Crippen LogP contribution in [0.25, 0.3) is 22.2 Å². The van der Waals surface area contributed by atoms with Crippen molar-refractivity contribution in [3.05, 3.63) is 62.7 Å². The van der Waals surface area contributed by atoms with Gasteiger partial charge in [0.15, 0.2) is 0 Å². The van der Waals surface area contributed by atoms with Crippen LogP contribution in [0.1, 0.15) is 0 Å². The number of aromatic nitrogens is 1. The van der Waals surface area contributed by atoms with E-state index in [0.717, 1.165) is 0 Å². The molecule has 3 aromatic rings. The molecular weight excluding hydrogens is 342 g/mol. The van der Waals surface area contributed by atoms with Crippen LogP contribution in [0.3, 0.4) is 0 Å². The van der Waals surface area contributed by atoms with Gasteiger partial charge in [0.05, 0.1) is 40.7 Å². The number of pyridine rings is 1. The summed E-state index contributed by atoms with van der Waals surface area (Å²) in [6.07, 6.45) is 0. The maximum Gasteiger partial charge on any atom is 0.320 e. The van der Waals surface area contributed by atoms with E-state index in [9.17, 15) is 20.2 Å². The van der Waals surface area contributed by atoms with Gasteiger partial charge >= 0.3 is 5.69 Å².